The Labute approximate surface area is 180 Å². The second-order valence-corrected chi connectivity index (χ2v) is 8.06. The molecule has 2 aliphatic rings. The molecule has 158 valence electrons. The van der Waals surface area contributed by atoms with Gasteiger partial charge in [-0.3, -0.25) is 9.78 Å². The Morgan fingerprint density at radius 1 is 0.968 bits per heavy atom. The lowest BCUT2D eigenvalue weighted by molar-refractivity contribution is -0.0583. The Morgan fingerprint density at radius 2 is 1.77 bits per heavy atom. The number of nitrogens with one attached hydrogen (secondary N) is 1. The van der Waals surface area contributed by atoms with Crippen LogP contribution >= 0.6 is 0 Å². The lowest BCUT2D eigenvalue weighted by Crippen LogP contribution is -2.29. The molecule has 7 heteroatoms. The molecule has 1 saturated carbocycles. The van der Waals surface area contributed by atoms with Crippen LogP contribution in [0.1, 0.15) is 48.0 Å². The molecule has 3 heterocycles. The second kappa shape index (κ2) is 8.53. The normalized spacial score (nSPS) is 20.9. The van der Waals surface area contributed by atoms with E-state index in [2.05, 4.69) is 10.3 Å². The number of rotatable bonds is 5. The standard InChI is InChI=1S/C24H24N4O3/c29-18-10-11-19(31-14-18)22-20(15-5-2-1-3-6-15)28-23(24(30)26-17-8-9-17)21(27-22)16-7-4-12-25-13-16/h1-7,12-13,17-19,29H,8-11,14H2,(H,26,30). The second-order valence-electron chi connectivity index (χ2n) is 8.06. The largest absolute Gasteiger partial charge is 0.391 e. The molecule has 0 bridgehead atoms. The first-order chi connectivity index (χ1) is 15.2. The van der Waals surface area contributed by atoms with Crippen molar-refractivity contribution in [2.24, 2.45) is 0 Å². The fourth-order valence-electron chi connectivity index (χ4n) is 3.78. The Morgan fingerprint density at radius 3 is 2.45 bits per heavy atom. The van der Waals surface area contributed by atoms with Crippen molar-refractivity contribution in [3.05, 3.63) is 66.2 Å². The van der Waals surface area contributed by atoms with Crippen LogP contribution in [-0.2, 0) is 4.74 Å². The van der Waals surface area contributed by atoms with E-state index in [9.17, 15) is 9.90 Å². The molecule has 0 radical (unpaired) electrons. The van der Waals surface area contributed by atoms with Crippen LogP contribution in [0.15, 0.2) is 54.9 Å². The van der Waals surface area contributed by atoms with Crippen molar-refractivity contribution < 1.29 is 14.6 Å². The van der Waals surface area contributed by atoms with Gasteiger partial charge in [0.15, 0.2) is 5.69 Å². The van der Waals surface area contributed by atoms with Gasteiger partial charge in [-0.15, -0.1) is 0 Å². The molecule has 31 heavy (non-hydrogen) atoms. The maximum atomic E-state index is 13.1. The number of hydrogen-bond donors (Lipinski definition) is 2. The number of ether oxygens (including phenoxy) is 1. The highest BCUT2D eigenvalue weighted by molar-refractivity contribution is 5.99. The van der Waals surface area contributed by atoms with E-state index >= 15 is 0 Å². The van der Waals surface area contributed by atoms with E-state index in [-0.39, 0.29) is 24.7 Å². The van der Waals surface area contributed by atoms with E-state index in [0.29, 0.717) is 35.6 Å². The van der Waals surface area contributed by atoms with Crippen molar-refractivity contribution in [2.45, 2.75) is 43.9 Å². The molecule has 1 aliphatic heterocycles. The Kier molecular flexibility index (Phi) is 5.44. The Bertz CT molecular complexity index is 1060. The number of pyridine rings is 1. The summed E-state index contributed by atoms with van der Waals surface area (Å²) in [6, 6.07) is 13.6. The van der Waals surface area contributed by atoms with Gasteiger partial charge in [0.25, 0.3) is 5.91 Å². The Hall–Kier alpha value is -3.16. The summed E-state index contributed by atoms with van der Waals surface area (Å²) in [6.45, 7) is 0.257. The van der Waals surface area contributed by atoms with Gasteiger partial charge in [0, 0.05) is 29.6 Å². The van der Waals surface area contributed by atoms with Crippen molar-refractivity contribution in [3.63, 3.8) is 0 Å². The molecule has 1 saturated heterocycles. The van der Waals surface area contributed by atoms with E-state index < -0.39 is 6.10 Å². The van der Waals surface area contributed by atoms with Crippen molar-refractivity contribution in [1.29, 1.82) is 0 Å². The average molecular weight is 416 g/mol. The van der Waals surface area contributed by atoms with Gasteiger partial charge in [0.1, 0.15) is 11.8 Å². The molecular formula is C24H24N4O3. The lowest BCUT2D eigenvalue weighted by atomic mass is 9.98. The van der Waals surface area contributed by atoms with E-state index in [1.54, 1.807) is 12.4 Å². The highest BCUT2D eigenvalue weighted by Gasteiger charge is 2.31. The number of benzene rings is 1. The zero-order chi connectivity index (χ0) is 21.2. The predicted octanol–water partition coefficient (Wildman–Crippen LogP) is 3.31. The first kappa shape index (κ1) is 19.8. The van der Waals surface area contributed by atoms with Crippen LogP contribution in [0.4, 0.5) is 0 Å². The number of nitrogens with zero attached hydrogens (tertiary/aromatic N) is 3. The maximum absolute atomic E-state index is 13.1. The minimum absolute atomic E-state index is 0.207. The van der Waals surface area contributed by atoms with Crippen molar-refractivity contribution in [2.75, 3.05) is 6.61 Å². The minimum Gasteiger partial charge on any atom is -0.391 e. The topological polar surface area (TPSA) is 97.2 Å². The van der Waals surface area contributed by atoms with Gasteiger partial charge < -0.3 is 15.2 Å². The summed E-state index contributed by atoms with van der Waals surface area (Å²) in [5.41, 5.74) is 3.70. The van der Waals surface area contributed by atoms with Crippen LogP contribution in [0.5, 0.6) is 0 Å². The molecule has 1 aromatic carbocycles. The summed E-state index contributed by atoms with van der Waals surface area (Å²) in [4.78, 5) is 27.1. The summed E-state index contributed by atoms with van der Waals surface area (Å²) < 4.78 is 5.94. The monoisotopic (exact) mass is 416 g/mol. The maximum Gasteiger partial charge on any atom is 0.272 e. The molecule has 1 amide bonds. The van der Waals surface area contributed by atoms with Crippen molar-refractivity contribution in [1.82, 2.24) is 20.3 Å². The fraction of sp³-hybridized carbons (Fsp3) is 0.333. The predicted molar refractivity (Wildman–Crippen MR) is 115 cm³/mol. The number of aliphatic hydroxyl groups excluding tert-OH is 1. The van der Waals surface area contributed by atoms with Crippen LogP contribution < -0.4 is 5.32 Å². The van der Waals surface area contributed by atoms with Gasteiger partial charge in [-0.2, -0.15) is 0 Å². The minimum atomic E-state index is -0.467. The molecule has 2 unspecified atom stereocenters. The molecule has 3 aromatic rings. The first-order valence-corrected chi connectivity index (χ1v) is 10.7. The fourth-order valence-corrected chi connectivity index (χ4v) is 3.78. The zero-order valence-corrected chi connectivity index (χ0v) is 17.1. The van der Waals surface area contributed by atoms with Crippen molar-refractivity contribution in [3.8, 4) is 22.5 Å². The van der Waals surface area contributed by atoms with E-state index in [0.717, 1.165) is 24.0 Å². The van der Waals surface area contributed by atoms with Gasteiger partial charge in [-0.05, 0) is 37.8 Å². The summed E-state index contributed by atoms with van der Waals surface area (Å²) in [7, 11) is 0. The number of carbonyl (C=O) groups excluding carboxylic acids is 1. The third kappa shape index (κ3) is 4.33. The highest BCUT2D eigenvalue weighted by Crippen LogP contribution is 2.35. The number of aliphatic hydroxyl groups is 1. The third-order valence-electron chi connectivity index (χ3n) is 5.59. The van der Waals surface area contributed by atoms with E-state index in [1.807, 2.05) is 42.5 Å². The van der Waals surface area contributed by atoms with E-state index in [4.69, 9.17) is 14.7 Å². The number of amides is 1. The Balaban J connectivity index is 1.67. The first-order valence-electron chi connectivity index (χ1n) is 10.7. The van der Waals surface area contributed by atoms with Crippen LogP contribution in [0.2, 0.25) is 0 Å². The molecule has 1 aliphatic carbocycles. The van der Waals surface area contributed by atoms with Gasteiger partial charge in [0.05, 0.1) is 24.1 Å². The molecule has 0 spiro atoms. The molecule has 2 aromatic heterocycles. The quantitative estimate of drug-likeness (QED) is 0.662. The van der Waals surface area contributed by atoms with Gasteiger partial charge in [-0.25, -0.2) is 9.97 Å². The number of hydrogen-bond acceptors (Lipinski definition) is 6. The van der Waals surface area contributed by atoms with Crippen LogP contribution in [0.3, 0.4) is 0 Å². The van der Waals surface area contributed by atoms with Crippen LogP contribution in [0.25, 0.3) is 22.5 Å². The lowest BCUT2D eigenvalue weighted by Gasteiger charge is -2.27. The summed E-state index contributed by atoms with van der Waals surface area (Å²) in [5, 5.41) is 12.9. The van der Waals surface area contributed by atoms with Crippen LogP contribution in [-0.4, -0.2) is 44.7 Å². The number of carbonyl (C=O) groups is 1. The van der Waals surface area contributed by atoms with Gasteiger partial charge in [-0.1, -0.05) is 30.3 Å². The van der Waals surface area contributed by atoms with E-state index in [1.165, 1.54) is 0 Å². The summed E-state index contributed by atoms with van der Waals surface area (Å²) >= 11 is 0. The molecule has 5 rings (SSSR count). The van der Waals surface area contributed by atoms with Gasteiger partial charge in [0.2, 0.25) is 0 Å². The molecular weight excluding hydrogens is 392 g/mol. The summed E-state index contributed by atoms with van der Waals surface area (Å²) in [6.07, 6.45) is 5.85. The molecule has 7 nitrogen and oxygen atoms in total. The molecule has 2 atom stereocenters. The number of aromatic nitrogens is 3. The van der Waals surface area contributed by atoms with Gasteiger partial charge >= 0.3 is 0 Å². The highest BCUT2D eigenvalue weighted by atomic mass is 16.5. The third-order valence-corrected chi connectivity index (χ3v) is 5.59. The average Bonchev–Trinajstić information content (AvgIpc) is 3.64. The van der Waals surface area contributed by atoms with Crippen LogP contribution in [0, 0.1) is 0 Å². The SMILES string of the molecule is O=C(NC1CC1)c1nc(-c2ccccc2)c(C2CCC(O)CO2)nc1-c1cccnc1. The van der Waals surface area contributed by atoms with Crippen molar-refractivity contribution >= 4 is 5.91 Å². The summed E-state index contributed by atoms with van der Waals surface area (Å²) in [5.74, 6) is -0.224. The smallest absolute Gasteiger partial charge is 0.272 e. The molecule has 2 fully saturated rings. The zero-order valence-electron chi connectivity index (χ0n) is 17.1. The molecule has 2 N–H and O–H groups in total.